The summed E-state index contributed by atoms with van der Waals surface area (Å²) in [4.78, 5) is 24.2. The summed E-state index contributed by atoms with van der Waals surface area (Å²) >= 11 is 0. The number of carbonyl (C=O) groups is 1. The number of nitrogens with zero attached hydrogens (tertiary/aromatic N) is 4. The molecule has 1 aromatic carbocycles. The summed E-state index contributed by atoms with van der Waals surface area (Å²) in [7, 11) is -3.83. The largest absolute Gasteiger partial charge is 0.460 e. The summed E-state index contributed by atoms with van der Waals surface area (Å²) in [6.45, 7) is 7.39. The van der Waals surface area contributed by atoms with Gasteiger partial charge in [0.2, 0.25) is 15.9 Å². The highest BCUT2D eigenvalue weighted by Crippen LogP contribution is 2.64. The number of amides is 1. The highest BCUT2D eigenvalue weighted by Gasteiger charge is 2.77. The molecule has 9 nitrogen and oxygen atoms in total. The highest BCUT2D eigenvalue weighted by molar-refractivity contribution is 7.89. The minimum atomic E-state index is -3.83. The normalized spacial score (nSPS) is 35.7. The van der Waals surface area contributed by atoms with Gasteiger partial charge in [-0.3, -0.25) is 4.79 Å². The van der Waals surface area contributed by atoms with Crippen LogP contribution in [0, 0.1) is 30.6 Å². The number of morpholine rings is 1. The molecule has 0 N–H and O–H groups in total. The second-order valence-corrected chi connectivity index (χ2v) is 14.3. The van der Waals surface area contributed by atoms with Gasteiger partial charge in [-0.2, -0.15) is 4.31 Å². The van der Waals surface area contributed by atoms with Crippen LogP contribution in [0.15, 0.2) is 47.6 Å². The third-order valence-electron chi connectivity index (χ3n) is 9.94. The number of hydrogen-bond acceptors (Lipinski definition) is 7. The van der Waals surface area contributed by atoms with Crippen molar-refractivity contribution in [2.75, 3.05) is 19.6 Å². The van der Waals surface area contributed by atoms with Crippen LogP contribution in [0.3, 0.4) is 0 Å². The minimum Gasteiger partial charge on any atom is -0.460 e. The van der Waals surface area contributed by atoms with Crippen molar-refractivity contribution in [1.29, 1.82) is 0 Å². The van der Waals surface area contributed by atoms with E-state index >= 15 is 0 Å². The van der Waals surface area contributed by atoms with Gasteiger partial charge < -0.3 is 14.4 Å². The van der Waals surface area contributed by atoms with Crippen molar-refractivity contribution in [2.45, 2.75) is 74.7 Å². The van der Waals surface area contributed by atoms with E-state index in [1.54, 1.807) is 34.9 Å². The lowest BCUT2D eigenvalue weighted by Crippen LogP contribution is -2.61. The molecule has 0 unspecified atom stereocenters. The molecule has 7 rings (SSSR count). The van der Waals surface area contributed by atoms with E-state index in [0.717, 1.165) is 18.4 Å². The molecule has 1 spiro atoms. The Hall–Kier alpha value is -2.56. The number of carbonyl (C=O) groups excluding carboxylic acids is 1. The SMILES string of the molecule is Cc1ccc(S(=O)(=O)N2C[C@@]34CN(C(=O)C5CC5)C[C@@H](O3)[C@H]3[C@@H](Oc5ncccn5)CC[C@]2(C(C)C)[C@H]34)cc1. The number of benzene rings is 1. The molecule has 39 heavy (non-hydrogen) atoms. The summed E-state index contributed by atoms with van der Waals surface area (Å²) in [6, 6.07) is 9.18. The van der Waals surface area contributed by atoms with Crippen LogP contribution >= 0.6 is 0 Å². The van der Waals surface area contributed by atoms with Gasteiger partial charge in [0.05, 0.1) is 17.5 Å². The Kier molecular flexibility index (Phi) is 5.68. The summed E-state index contributed by atoms with van der Waals surface area (Å²) < 4.78 is 43.9. The van der Waals surface area contributed by atoms with Gasteiger partial charge >= 0.3 is 6.01 Å². The first-order chi connectivity index (χ1) is 18.7. The molecular weight excluding hydrogens is 516 g/mol. The molecule has 208 valence electrons. The van der Waals surface area contributed by atoms with Gasteiger partial charge in [0.15, 0.2) is 0 Å². The van der Waals surface area contributed by atoms with Gasteiger partial charge in [0.1, 0.15) is 11.7 Å². The minimum absolute atomic E-state index is 0.0362. The Morgan fingerprint density at radius 3 is 2.49 bits per heavy atom. The topological polar surface area (TPSA) is 102 Å². The second kappa shape index (κ2) is 8.72. The number of likely N-dealkylation sites (tertiary alicyclic amines) is 1. The molecule has 5 fully saturated rings. The van der Waals surface area contributed by atoms with Crippen molar-refractivity contribution in [3.63, 3.8) is 0 Å². The van der Waals surface area contributed by atoms with Crippen LogP contribution in [0.4, 0.5) is 0 Å². The number of hydrogen-bond donors (Lipinski definition) is 0. The van der Waals surface area contributed by atoms with Gasteiger partial charge in [-0.25, -0.2) is 18.4 Å². The van der Waals surface area contributed by atoms with Gasteiger partial charge in [-0.1, -0.05) is 31.5 Å². The third-order valence-corrected chi connectivity index (χ3v) is 11.9. The van der Waals surface area contributed by atoms with E-state index in [2.05, 4.69) is 23.8 Å². The van der Waals surface area contributed by atoms with Gasteiger partial charge in [0.25, 0.3) is 0 Å². The van der Waals surface area contributed by atoms with E-state index in [4.69, 9.17) is 9.47 Å². The summed E-state index contributed by atoms with van der Waals surface area (Å²) in [6.07, 6.45) is 6.04. The highest BCUT2D eigenvalue weighted by atomic mass is 32.2. The van der Waals surface area contributed by atoms with Crippen molar-refractivity contribution >= 4 is 15.9 Å². The van der Waals surface area contributed by atoms with E-state index < -0.39 is 21.2 Å². The van der Waals surface area contributed by atoms with Crippen molar-refractivity contribution in [1.82, 2.24) is 19.2 Å². The molecule has 2 bridgehead atoms. The molecule has 6 atom stereocenters. The fraction of sp³-hybridized carbons (Fsp3) is 0.621. The van der Waals surface area contributed by atoms with E-state index in [1.807, 2.05) is 24.0 Å². The number of sulfonamides is 1. The molecule has 10 heteroatoms. The summed E-state index contributed by atoms with van der Waals surface area (Å²) in [5.41, 5.74) is -0.420. The quantitative estimate of drug-likeness (QED) is 0.543. The maximum atomic E-state index is 14.4. The second-order valence-electron chi connectivity index (χ2n) is 12.5. The van der Waals surface area contributed by atoms with Gasteiger partial charge in [-0.05, 0) is 56.7 Å². The lowest BCUT2D eigenvalue weighted by atomic mass is 9.59. The molecule has 4 heterocycles. The van der Waals surface area contributed by atoms with Crippen LogP contribution in [0.1, 0.15) is 45.1 Å². The molecule has 2 aliphatic carbocycles. The van der Waals surface area contributed by atoms with Crippen molar-refractivity contribution in [3.05, 3.63) is 48.3 Å². The number of aryl methyl sites for hydroxylation is 1. The predicted molar refractivity (Wildman–Crippen MR) is 142 cm³/mol. The number of ether oxygens (including phenoxy) is 2. The molecule has 3 aliphatic heterocycles. The molecule has 2 saturated carbocycles. The first-order valence-corrected chi connectivity index (χ1v) is 15.6. The van der Waals surface area contributed by atoms with Crippen molar-refractivity contribution in [3.8, 4) is 6.01 Å². The maximum absolute atomic E-state index is 14.4. The lowest BCUT2D eigenvalue weighted by molar-refractivity contribution is -0.154. The van der Waals surface area contributed by atoms with Gasteiger partial charge in [-0.15, -0.1) is 0 Å². The Morgan fingerprint density at radius 2 is 1.82 bits per heavy atom. The third kappa shape index (κ3) is 3.70. The van der Waals surface area contributed by atoms with Crippen LogP contribution < -0.4 is 4.74 Å². The van der Waals surface area contributed by atoms with E-state index in [-0.39, 0.29) is 48.3 Å². The first-order valence-electron chi connectivity index (χ1n) is 14.2. The Labute approximate surface area is 230 Å². The predicted octanol–water partition coefficient (Wildman–Crippen LogP) is 3.05. The van der Waals surface area contributed by atoms with Gasteiger partial charge in [0, 0.05) is 48.8 Å². The Balaban J connectivity index is 1.34. The van der Waals surface area contributed by atoms with E-state index in [1.165, 1.54) is 0 Å². The lowest BCUT2D eigenvalue weighted by Gasteiger charge is -2.51. The number of fused-ring (bicyclic) bond motifs is 2. The molecule has 5 aliphatic rings. The number of rotatable bonds is 6. The zero-order valence-electron chi connectivity index (χ0n) is 22.7. The smallest absolute Gasteiger partial charge is 0.316 e. The Morgan fingerprint density at radius 1 is 1.10 bits per heavy atom. The zero-order chi connectivity index (χ0) is 27.2. The fourth-order valence-electron chi connectivity index (χ4n) is 8.20. The zero-order valence-corrected chi connectivity index (χ0v) is 23.5. The molecule has 1 aromatic heterocycles. The molecular formula is C29H36N4O5S. The van der Waals surface area contributed by atoms with Crippen LogP contribution in [0.2, 0.25) is 0 Å². The maximum Gasteiger partial charge on any atom is 0.316 e. The molecule has 1 amide bonds. The van der Waals surface area contributed by atoms with Crippen LogP contribution in [0.5, 0.6) is 6.01 Å². The molecule has 3 saturated heterocycles. The van der Waals surface area contributed by atoms with E-state index in [0.29, 0.717) is 36.8 Å². The van der Waals surface area contributed by atoms with Crippen LogP contribution in [0.25, 0.3) is 0 Å². The Bertz CT molecular complexity index is 1380. The monoisotopic (exact) mass is 552 g/mol. The first kappa shape index (κ1) is 25.4. The molecule has 2 aromatic rings. The van der Waals surface area contributed by atoms with Crippen molar-refractivity contribution in [2.24, 2.45) is 23.7 Å². The average Bonchev–Trinajstić information content (AvgIpc) is 3.69. The van der Waals surface area contributed by atoms with Crippen LogP contribution in [-0.2, 0) is 19.6 Å². The number of aromatic nitrogens is 2. The average molecular weight is 553 g/mol. The van der Waals surface area contributed by atoms with E-state index in [9.17, 15) is 13.2 Å². The standard InChI is InChI=1S/C29H36N4O5S/c1-18(2)29-12-11-22(37-27-30-13-4-14-31-27)24-23-15-32(26(34)20-7-8-20)16-28(38-23,25(24)29)17-33(29)39(35,36)21-9-5-19(3)6-10-21/h4-6,9-10,13-14,18,20,22-25H,7-8,11-12,15-17H2,1-3H3/t22-,23+,24+,25+,28+,29-/m0/s1. The summed E-state index contributed by atoms with van der Waals surface area (Å²) in [5, 5.41) is 0. The van der Waals surface area contributed by atoms with Crippen LogP contribution in [-0.4, -0.2) is 76.5 Å². The summed E-state index contributed by atoms with van der Waals surface area (Å²) in [5.74, 6) is 0.110. The fourth-order valence-corrected chi connectivity index (χ4v) is 10.2. The molecule has 0 radical (unpaired) electrons. The van der Waals surface area contributed by atoms with Crippen molar-refractivity contribution < 1.29 is 22.7 Å².